The summed E-state index contributed by atoms with van der Waals surface area (Å²) in [6.45, 7) is 9.79. The highest BCUT2D eigenvalue weighted by Crippen LogP contribution is 2.37. The minimum absolute atomic E-state index is 0.0969. The van der Waals surface area contributed by atoms with E-state index in [-0.39, 0.29) is 37.3 Å². The number of fused-ring (bicyclic) bond motifs is 2. The van der Waals surface area contributed by atoms with Crippen molar-refractivity contribution < 1.29 is 29.1 Å². The second-order valence-electron chi connectivity index (χ2n) is 17.5. The predicted octanol–water partition coefficient (Wildman–Crippen LogP) is 4.76. The van der Waals surface area contributed by atoms with E-state index in [2.05, 4.69) is 48.1 Å². The molecule has 4 fully saturated rings. The lowest BCUT2D eigenvalue weighted by Crippen LogP contribution is -2.54. The molecule has 1 unspecified atom stereocenters. The Morgan fingerprint density at radius 1 is 0.800 bits per heavy atom. The van der Waals surface area contributed by atoms with Crippen LogP contribution >= 0.6 is 0 Å². The van der Waals surface area contributed by atoms with Crippen molar-refractivity contribution in [3.63, 3.8) is 0 Å². The molecule has 0 radical (unpaired) electrons. The summed E-state index contributed by atoms with van der Waals surface area (Å²) in [5, 5.41) is 15.2. The number of amides is 5. The highest BCUT2D eigenvalue weighted by molar-refractivity contribution is 6.23. The van der Waals surface area contributed by atoms with Gasteiger partial charge in [-0.1, -0.05) is 23.8 Å². The number of anilines is 2. The van der Waals surface area contributed by atoms with E-state index < -0.39 is 23.8 Å². The van der Waals surface area contributed by atoms with Crippen LogP contribution in [0.3, 0.4) is 0 Å². The van der Waals surface area contributed by atoms with Crippen molar-refractivity contribution >= 4 is 52.2 Å². The Balaban J connectivity index is 0.784. The lowest BCUT2D eigenvalue weighted by Gasteiger charge is -2.39. The van der Waals surface area contributed by atoms with Crippen molar-refractivity contribution in [3.05, 3.63) is 88.5 Å². The summed E-state index contributed by atoms with van der Waals surface area (Å²) in [5.74, 6) is -0.623. The molecule has 9 rings (SSSR count). The van der Waals surface area contributed by atoms with Crippen LogP contribution in [0.1, 0.15) is 99.6 Å². The van der Waals surface area contributed by atoms with Gasteiger partial charge < -0.3 is 19.5 Å². The Kier molecular flexibility index (Phi) is 11.3. The average Bonchev–Trinajstić information content (AvgIpc) is 3.73. The van der Waals surface area contributed by atoms with E-state index >= 15 is 0 Å². The highest BCUT2D eigenvalue weighted by Gasteiger charge is 2.45. The molecule has 14 nitrogen and oxygen atoms in total. The van der Waals surface area contributed by atoms with Gasteiger partial charge in [0.05, 0.1) is 22.2 Å². The first-order chi connectivity index (χ1) is 29.1. The van der Waals surface area contributed by atoms with Crippen molar-refractivity contribution in [2.75, 3.05) is 62.6 Å². The molecule has 314 valence electrons. The molecule has 4 aliphatic heterocycles. The molecule has 1 aliphatic carbocycles. The number of aliphatic hydroxyl groups excluding tert-OH is 1. The molecule has 0 bridgehead atoms. The number of carbonyl (C=O) groups is 5. The Labute approximate surface area is 349 Å². The number of nitrogens with zero attached hydrogens (tertiary/aromatic N) is 6. The lowest BCUT2D eigenvalue weighted by atomic mass is 9.86. The first kappa shape index (κ1) is 40.0. The summed E-state index contributed by atoms with van der Waals surface area (Å²) < 4.78 is 2.22. The molecule has 3 saturated heterocycles. The molecule has 14 heteroatoms. The molecular formula is C46H54N8O6. The van der Waals surface area contributed by atoms with Gasteiger partial charge in [0.15, 0.2) is 0 Å². The van der Waals surface area contributed by atoms with Gasteiger partial charge in [0.1, 0.15) is 6.04 Å². The van der Waals surface area contributed by atoms with E-state index in [0.29, 0.717) is 34.5 Å². The first-order valence-electron chi connectivity index (χ1n) is 21.7. The van der Waals surface area contributed by atoms with Crippen molar-refractivity contribution in [2.24, 2.45) is 11.8 Å². The molecule has 5 amide bonds. The van der Waals surface area contributed by atoms with Crippen molar-refractivity contribution in [1.29, 1.82) is 0 Å². The van der Waals surface area contributed by atoms with Crippen LogP contribution < -0.4 is 15.5 Å². The quantitative estimate of drug-likeness (QED) is 0.191. The van der Waals surface area contributed by atoms with E-state index in [4.69, 9.17) is 4.98 Å². The fourth-order valence-corrected chi connectivity index (χ4v) is 10.0. The highest BCUT2D eigenvalue weighted by atomic mass is 16.3. The number of carbonyl (C=O) groups excluding carboxylic acids is 5. The Morgan fingerprint density at radius 2 is 1.55 bits per heavy atom. The van der Waals surface area contributed by atoms with Gasteiger partial charge in [0.25, 0.3) is 17.7 Å². The average molecular weight is 815 g/mol. The van der Waals surface area contributed by atoms with Gasteiger partial charge in [0.2, 0.25) is 17.8 Å². The second kappa shape index (κ2) is 16.9. The smallest absolute Gasteiger partial charge is 0.262 e. The predicted molar refractivity (Wildman–Crippen MR) is 227 cm³/mol. The molecule has 5 heterocycles. The SMILES string of the molecule is Cc1cccc(C(=O)Nc2nc3cc(CN4CCN(CC5CCN(c6ccc7c(c6)C(=O)N(C6CCC(=O)NC6=O)C7=O)CC5)CC4)ccc3n2C2CCC(CO)CC2)c1. The monoisotopic (exact) mass is 814 g/mol. The van der Waals surface area contributed by atoms with Crippen molar-refractivity contribution in [3.8, 4) is 0 Å². The number of imide groups is 2. The molecule has 3 N–H and O–H groups in total. The number of hydrogen-bond donors (Lipinski definition) is 3. The van der Waals surface area contributed by atoms with E-state index in [1.54, 1.807) is 12.1 Å². The number of aromatic nitrogens is 2. The maximum absolute atomic E-state index is 13.4. The molecule has 5 aliphatic rings. The van der Waals surface area contributed by atoms with Crippen LogP contribution in [0.25, 0.3) is 11.0 Å². The summed E-state index contributed by atoms with van der Waals surface area (Å²) >= 11 is 0. The third-order valence-electron chi connectivity index (χ3n) is 13.5. The second-order valence-corrected chi connectivity index (χ2v) is 17.5. The van der Waals surface area contributed by atoms with Crippen LogP contribution in [0.15, 0.2) is 60.7 Å². The van der Waals surface area contributed by atoms with Crippen LogP contribution in [0.2, 0.25) is 0 Å². The van der Waals surface area contributed by atoms with Crippen LogP contribution in [-0.2, 0) is 16.1 Å². The zero-order valence-electron chi connectivity index (χ0n) is 34.3. The maximum atomic E-state index is 13.4. The van der Waals surface area contributed by atoms with Gasteiger partial charge in [-0.15, -0.1) is 0 Å². The maximum Gasteiger partial charge on any atom is 0.262 e. The molecule has 1 saturated carbocycles. The van der Waals surface area contributed by atoms with Crippen LogP contribution in [0.4, 0.5) is 11.6 Å². The van der Waals surface area contributed by atoms with Crippen LogP contribution in [0.5, 0.6) is 0 Å². The summed E-state index contributed by atoms with van der Waals surface area (Å²) in [5.41, 5.74) is 6.29. The standard InChI is InChI=1S/C46H54N8O6/c1-29-3-2-4-33(23-29)42(57)49-46-47-38-24-32(7-12-39(38)53(46)34-8-5-31(28-55)6-9-34)27-51-21-19-50(20-22-51)26-30-15-17-52(18-16-30)35-10-11-36-37(25-35)45(60)54(44(36)59)40-13-14-41(56)48-43(40)58/h2-4,7,10-12,23-25,30-31,34,40,55H,5-6,8-9,13-22,26-28H2,1H3,(H,47,49,57)(H,48,56,58). The van der Waals surface area contributed by atoms with Crippen molar-refractivity contribution in [1.82, 2.24) is 29.6 Å². The number of aliphatic hydroxyl groups is 1. The van der Waals surface area contributed by atoms with Crippen LogP contribution in [0, 0.1) is 18.8 Å². The number of hydrogen-bond acceptors (Lipinski definition) is 10. The van der Waals surface area contributed by atoms with Gasteiger partial charge in [-0.2, -0.15) is 0 Å². The third-order valence-corrected chi connectivity index (χ3v) is 13.5. The number of piperazine rings is 1. The van der Waals surface area contributed by atoms with E-state index in [1.165, 1.54) is 5.56 Å². The summed E-state index contributed by atoms with van der Waals surface area (Å²) in [6, 6.07) is 18.8. The number of imidazole rings is 1. The number of aryl methyl sites for hydroxylation is 1. The number of piperidine rings is 2. The fraction of sp³-hybridized carbons (Fsp3) is 0.478. The van der Waals surface area contributed by atoms with E-state index in [0.717, 1.165) is 118 Å². The normalized spacial score (nSPS) is 23.3. The fourth-order valence-electron chi connectivity index (χ4n) is 10.0. The Hall–Kier alpha value is -5.44. The van der Waals surface area contributed by atoms with E-state index in [1.807, 2.05) is 37.3 Å². The Morgan fingerprint density at radius 3 is 2.28 bits per heavy atom. The number of benzene rings is 3. The molecule has 0 spiro atoms. The van der Waals surface area contributed by atoms with E-state index in [9.17, 15) is 29.1 Å². The molecule has 1 atom stereocenters. The van der Waals surface area contributed by atoms with Gasteiger partial charge in [-0.3, -0.25) is 44.4 Å². The zero-order valence-corrected chi connectivity index (χ0v) is 34.3. The summed E-state index contributed by atoms with van der Waals surface area (Å²) in [4.78, 5) is 77.5. The zero-order chi connectivity index (χ0) is 41.5. The summed E-state index contributed by atoms with van der Waals surface area (Å²) in [7, 11) is 0. The molecular weight excluding hydrogens is 761 g/mol. The largest absolute Gasteiger partial charge is 0.396 e. The van der Waals surface area contributed by atoms with Crippen LogP contribution in [-0.4, -0.2) is 117 Å². The molecule has 4 aromatic rings. The minimum atomic E-state index is -0.967. The lowest BCUT2D eigenvalue weighted by molar-refractivity contribution is -0.136. The topological polar surface area (TPSA) is 160 Å². The molecule has 3 aromatic carbocycles. The minimum Gasteiger partial charge on any atom is -0.396 e. The van der Waals surface area contributed by atoms with Gasteiger partial charge in [-0.25, -0.2) is 4.98 Å². The van der Waals surface area contributed by atoms with Gasteiger partial charge >= 0.3 is 0 Å². The number of rotatable bonds is 10. The van der Waals surface area contributed by atoms with Gasteiger partial charge in [-0.05, 0) is 112 Å². The number of nitrogens with one attached hydrogen (secondary N) is 2. The molecule has 60 heavy (non-hydrogen) atoms. The summed E-state index contributed by atoms with van der Waals surface area (Å²) in [6.07, 6.45) is 6.09. The van der Waals surface area contributed by atoms with Gasteiger partial charge in [0, 0.05) is 82.7 Å². The molecule has 1 aromatic heterocycles. The first-order valence-corrected chi connectivity index (χ1v) is 21.7. The van der Waals surface area contributed by atoms with Crippen molar-refractivity contribution in [2.45, 2.75) is 76.9 Å². The third kappa shape index (κ3) is 8.07. The Bertz CT molecular complexity index is 2320.